The van der Waals surface area contributed by atoms with Crippen LogP contribution in [-0.2, 0) is 9.59 Å². The Bertz CT molecular complexity index is 387. The first-order valence-corrected chi connectivity index (χ1v) is 8.21. The lowest BCUT2D eigenvalue weighted by Gasteiger charge is -2.36. The number of rotatable bonds is 3. The number of hydrogen-bond acceptors (Lipinski definition) is 3. The average molecular weight is 295 g/mol. The molecule has 0 aromatic carbocycles. The first-order valence-electron chi connectivity index (χ1n) is 8.21. The Morgan fingerprint density at radius 3 is 1.95 bits per heavy atom. The fraction of sp³-hybridized carbons (Fsp3) is 0.875. The molecular weight excluding hydrogens is 266 g/mol. The van der Waals surface area contributed by atoms with Crippen molar-refractivity contribution in [2.45, 2.75) is 40.2 Å². The van der Waals surface area contributed by atoms with Gasteiger partial charge in [-0.3, -0.25) is 9.59 Å². The lowest BCUT2D eigenvalue weighted by molar-refractivity contribution is -0.143. The molecule has 0 unspecified atom stereocenters. The van der Waals surface area contributed by atoms with E-state index in [0.717, 1.165) is 19.5 Å². The van der Waals surface area contributed by atoms with Crippen LogP contribution in [0.3, 0.4) is 0 Å². The van der Waals surface area contributed by atoms with Crippen LogP contribution in [0.5, 0.6) is 0 Å². The van der Waals surface area contributed by atoms with Gasteiger partial charge in [-0.05, 0) is 26.8 Å². The van der Waals surface area contributed by atoms with Crippen LogP contribution in [-0.4, -0.2) is 71.8 Å². The SMILES string of the molecule is CC(C)C(=O)N1CCN(C(=O)[C@@H]2CCN(C(C)C)C2)CC1. The van der Waals surface area contributed by atoms with E-state index in [1.165, 1.54) is 0 Å². The summed E-state index contributed by atoms with van der Waals surface area (Å²) in [5.41, 5.74) is 0. The molecule has 5 heteroatoms. The molecule has 21 heavy (non-hydrogen) atoms. The van der Waals surface area contributed by atoms with E-state index in [4.69, 9.17) is 0 Å². The largest absolute Gasteiger partial charge is 0.339 e. The zero-order valence-electron chi connectivity index (χ0n) is 13.8. The summed E-state index contributed by atoms with van der Waals surface area (Å²) in [5.74, 6) is 0.685. The van der Waals surface area contributed by atoms with Gasteiger partial charge in [-0.25, -0.2) is 0 Å². The highest BCUT2D eigenvalue weighted by Crippen LogP contribution is 2.21. The van der Waals surface area contributed by atoms with Crippen molar-refractivity contribution >= 4 is 11.8 Å². The molecule has 2 aliphatic heterocycles. The molecule has 0 bridgehead atoms. The molecule has 2 aliphatic rings. The van der Waals surface area contributed by atoms with Gasteiger partial charge in [0.15, 0.2) is 0 Å². The van der Waals surface area contributed by atoms with Crippen molar-refractivity contribution in [3.8, 4) is 0 Å². The monoisotopic (exact) mass is 295 g/mol. The van der Waals surface area contributed by atoms with Crippen molar-refractivity contribution in [1.82, 2.24) is 14.7 Å². The van der Waals surface area contributed by atoms with E-state index in [1.807, 2.05) is 23.6 Å². The molecule has 0 aromatic rings. The molecule has 120 valence electrons. The van der Waals surface area contributed by atoms with E-state index in [2.05, 4.69) is 18.7 Å². The molecule has 0 aromatic heterocycles. The maximum Gasteiger partial charge on any atom is 0.227 e. The predicted molar refractivity (Wildman–Crippen MR) is 82.8 cm³/mol. The Labute approximate surface area is 128 Å². The second-order valence-electron chi connectivity index (χ2n) is 6.88. The number of nitrogens with zero attached hydrogens (tertiary/aromatic N) is 3. The number of carbonyl (C=O) groups excluding carboxylic acids is 2. The van der Waals surface area contributed by atoms with Gasteiger partial charge in [0.1, 0.15) is 0 Å². The van der Waals surface area contributed by atoms with E-state index < -0.39 is 0 Å². The zero-order chi connectivity index (χ0) is 15.6. The standard InChI is InChI=1S/C16H29N3O2/c1-12(2)15(20)17-7-9-18(10-8-17)16(21)14-5-6-19(11-14)13(3)4/h12-14H,5-11H2,1-4H3/t14-/m1/s1. The van der Waals surface area contributed by atoms with Crippen LogP contribution in [0.2, 0.25) is 0 Å². The third-order valence-corrected chi connectivity index (χ3v) is 4.70. The molecule has 0 aliphatic carbocycles. The Morgan fingerprint density at radius 2 is 1.48 bits per heavy atom. The summed E-state index contributed by atoms with van der Waals surface area (Å²) in [4.78, 5) is 30.8. The molecule has 2 saturated heterocycles. The molecule has 2 fully saturated rings. The Hall–Kier alpha value is -1.10. The number of amides is 2. The topological polar surface area (TPSA) is 43.9 Å². The first kappa shape index (κ1) is 16.3. The molecular formula is C16H29N3O2. The predicted octanol–water partition coefficient (Wildman–Crippen LogP) is 1.04. The summed E-state index contributed by atoms with van der Waals surface area (Å²) in [6.07, 6.45) is 0.974. The molecule has 0 saturated carbocycles. The summed E-state index contributed by atoms with van der Waals surface area (Å²) in [6.45, 7) is 12.9. The lowest BCUT2D eigenvalue weighted by atomic mass is 10.1. The van der Waals surface area contributed by atoms with Gasteiger partial charge in [-0.2, -0.15) is 0 Å². The highest BCUT2D eigenvalue weighted by molar-refractivity contribution is 5.81. The molecule has 1 atom stereocenters. The Balaban J connectivity index is 1.82. The van der Waals surface area contributed by atoms with Crippen LogP contribution in [0.1, 0.15) is 34.1 Å². The smallest absolute Gasteiger partial charge is 0.227 e. The van der Waals surface area contributed by atoms with Gasteiger partial charge in [-0.15, -0.1) is 0 Å². The Morgan fingerprint density at radius 1 is 0.905 bits per heavy atom. The molecule has 0 spiro atoms. The highest BCUT2D eigenvalue weighted by Gasteiger charge is 2.34. The van der Waals surface area contributed by atoms with E-state index in [0.29, 0.717) is 32.2 Å². The summed E-state index contributed by atoms with van der Waals surface area (Å²) < 4.78 is 0. The van der Waals surface area contributed by atoms with Crippen LogP contribution in [0, 0.1) is 11.8 Å². The molecule has 2 amide bonds. The van der Waals surface area contributed by atoms with Gasteiger partial charge in [0.25, 0.3) is 0 Å². The second-order valence-corrected chi connectivity index (χ2v) is 6.88. The van der Waals surface area contributed by atoms with Gasteiger partial charge in [0.2, 0.25) is 11.8 Å². The van der Waals surface area contributed by atoms with Crippen LogP contribution >= 0.6 is 0 Å². The maximum atomic E-state index is 12.6. The minimum Gasteiger partial charge on any atom is -0.339 e. The molecule has 0 N–H and O–H groups in total. The number of piperazine rings is 1. The molecule has 0 radical (unpaired) electrons. The van der Waals surface area contributed by atoms with Gasteiger partial charge in [0.05, 0.1) is 5.92 Å². The summed E-state index contributed by atoms with van der Waals surface area (Å²) in [7, 11) is 0. The maximum absolute atomic E-state index is 12.6. The Kier molecular flexibility index (Phi) is 5.25. The van der Waals surface area contributed by atoms with Crippen molar-refractivity contribution < 1.29 is 9.59 Å². The quantitative estimate of drug-likeness (QED) is 0.781. The number of likely N-dealkylation sites (tertiary alicyclic amines) is 1. The van der Waals surface area contributed by atoms with Crippen molar-refractivity contribution in [3.05, 3.63) is 0 Å². The fourth-order valence-electron chi connectivity index (χ4n) is 3.23. The van der Waals surface area contributed by atoms with Gasteiger partial charge in [0, 0.05) is 44.7 Å². The average Bonchev–Trinajstić information content (AvgIpc) is 2.96. The summed E-state index contributed by atoms with van der Waals surface area (Å²) >= 11 is 0. The normalized spacial score (nSPS) is 24.2. The van der Waals surface area contributed by atoms with Crippen LogP contribution < -0.4 is 0 Å². The number of hydrogen-bond donors (Lipinski definition) is 0. The zero-order valence-corrected chi connectivity index (χ0v) is 13.8. The first-order chi connectivity index (χ1) is 9.90. The van der Waals surface area contributed by atoms with Crippen molar-refractivity contribution in [1.29, 1.82) is 0 Å². The van der Waals surface area contributed by atoms with Crippen LogP contribution in [0.4, 0.5) is 0 Å². The third kappa shape index (κ3) is 3.76. The van der Waals surface area contributed by atoms with Gasteiger partial charge < -0.3 is 14.7 Å². The number of carbonyl (C=O) groups is 2. The van der Waals surface area contributed by atoms with E-state index in [-0.39, 0.29) is 23.7 Å². The van der Waals surface area contributed by atoms with Crippen molar-refractivity contribution in [2.24, 2.45) is 11.8 Å². The lowest BCUT2D eigenvalue weighted by Crippen LogP contribution is -2.53. The third-order valence-electron chi connectivity index (χ3n) is 4.70. The van der Waals surface area contributed by atoms with E-state index in [9.17, 15) is 9.59 Å². The van der Waals surface area contributed by atoms with E-state index in [1.54, 1.807) is 0 Å². The minimum atomic E-state index is 0.0432. The second kappa shape index (κ2) is 6.77. The van der Waals surface area contributed by atoms with Gasteiger partial charge >= 0.3 is 0 Å². The fourth-order valence-corrected chi connectivity index (χ4v) is 3.23. The van der Waals surface area contributed by atoms with Crippen molar-refractivity contribution in [2.75, 3.05) is 39.3 Å². The molecule has 2 heterocycles. The molecule has 5 nitrogen and oxygen atoms in total. The van der Waals surface area contributed by atoms with Crippen LogP contribution in [0.25, 0.3) is 0 Å². The highest BCUT2D eigenvalue weighted by atomic mass is 16.2. The minimum absolute atomic E-state index is 0.0432. The van der Waals surface area contributed by atoms with E-state index >= 15 is 0 Å². The van der Waals surface area contributed by atoms with Gasteiger partial charge in [-0.1, -0.05) is 13.8 Å². The van der Waals surface area contributed by atoms with Crippen LogP contribution in [0.15, 0.2) is 0 Å². The summed E-state index contributed by atoms with van der Waals surface area (Å²) in [6, 6.07) is 0.517. The summed E-state index contributed by atoms with van der Waals surface area (Å²) in [5, 5.41) is 0. The van der Waals surface area contributed by atoms with Crippen molar-refractivity contribution in [3.63, 3.8) is 0 Å². The molecule has 2 rings (SSSR count).